The first-order chi connectivity index (χ1) is 14.0. The van der Waals surface area contributed by atoms with Gasteiger partial charge in [-0.1, -0.05) is 12.1 Å². The molecule has 2 aromatic carbocycles. The maximum Gasteiger partial charge on any atom is 0.337 e. The summed E-state index contributed by atoms with van der Waals surface area (Å²) in [5, 5.41) is 11.5. The monoisotopic (exact) mass is 434 g/mol. The number of benzene rings is 2. The fourth-order valence-electron chi connectivity index (χ4n) is 2.96. The van der Waals surface area contributed by atoms with E-state index in [4.69, 9.17) is 0 Å². The van der Waals surface area contributed by atoms with E-state index in [9.17, 15) is 28.1 Å². The average Bonchev–Trinajstić information content (AvgIpc) is 2.70. The van der Waals surface area contributed by atoms with Gasteiger partial charge in [0, 0.05) is 25.7 Å². The Morgan fingerprint density at radius 1 is 1.13 bits per heavy atom. The second-order valence-corrected chi connectivity index (χ2v) is 8.97. The highest BCUT2D eigenvalue weighted by Gasteiger charge is 2.28. The van der Waals surface area contributed by atoms with Gasteiger partial charge in [-0.3, -0.25) is 14.9 Å². The van der Waals surface area contributed by atoms with Gasteiger partial charge in [-0.2, -0.15) is 0 Å². The lowest BCUT2D eigenvalue weighted by Crippen LogP contribution is -2.22. The normalized spacial score (nSPS) is 12.4. The Morgan fingerprint density at radius 2 is 1.73 bits per heavy atom. The van der Waals surface area contributed by atoms with E-state index in [-0.39, 0.29) is 33.9 Å². The maximum atomic E-state index is 12.3. The third-order valence-corrected chi connectivity index (χ3v) is 6.48. The van der Waals surface area contributed by atoms with Crippen molar-refractivity contribution in [2.75, 3.05) is 21.2 Å². The Bertz CT molecular complexity index is 1080. The van der Waals surface area contributed by atoms with Crippen molar-refractivity contribution in [2.45, 2.75) is 24.2 Å². The smallest absolute Gasteiger partial charge is 0.337 e. The van der Waals surface area contributed by atoms with Crippen LogP contribution in [0, 0.1) is 10.1 Å². The van der Waals surface area contributed by atoms with Crippen LogP contribution >= 0.6 is 0 Å². The molecule has 0 aliphatic carbocycles. The molecular weight excluding hydrogens is 412 g/mol. The van der Waals surface area contributed by atoms with E-state index < -0.39 is 26.8 Å². The van der Waals surface area contributed by atoms with Gasteiger partial charge in [-0.15, -0.1) is 0 Å². The zero-order valence-electron chi connectivity index (χ0n) is 17.0. The molecule has 2 aromatic rings. The SMILES string of the molecule is COC(=O)c1ccc([N+](=O)[O-])c(C(Cc2ccc(S(=O)(=O)N(C)C)cc2)C(C)=O)c1. The lowest BCUT2D eigenvalue weighted by atomic mass is 9.87. The molecule has 30 heavy (non-hydrogen) atoms. The van der Waals surface area contributed by atoms with E-state index in [1.54, 1.807) is 12.1 Å². The van der Waals surface area contributed by atoms with Gasteiger partial charge in [-0.05, 0) is 43.2 Å². The van der Waals surface area contributed by atoms with Gasteiger partial charge in [-0.25, -0.2) is 17.5 Å². The lowest BCUT2D eigenvalue weighted by molar-refractivity contribution is -0.385. The molecule has 0 aliphatic heterocycles. The van der Waals surface area contributed by atoms with Crippen LogP contribution in [0.1, 0.15) is 34.3 Å². The fraction of sp³-hybridized carbons (Fsp3) is 0.300. The predicted octanol–water partition coefficient (Wildman–Crippen LogP) is 2.55. The van der Waals surface area contributed by atoms with Gasteiger partial charge in [0.05, 0.1) is 28.4 Å². The molecular formula is C20H22N2O7S. The van der Waals surface area contributed by atoms with Crippen LogP contribution < -0.4 is 0 Å². The Morgan fingerprint density at radius 3 is 2.20 bits per heavy atom. The molecule has 1 unspecified atom stereocenters. The molecule has 0 heterocycles. The van der Waals surface area contributed by atoms with E-state index in [0.29, 0.717) is 5.56 Å². The second-order valence-electron chi connectivity index (χ2n) is 6.82. The third-order valence-electron chi connectivity index (χ3n) is 4.65. The number of rotatable bonds is 8. The third kappa shape index (κ3) is 4.89. The Hall–Kier alpha value is -3.11. The minimum Gasteiger partial charge on any atom is -0.465 e. The number of ether oxygens (including phenoxy) is 1. The molecule has 0 aliphatic rings. The Labute approximate surface area is 174 Å². The number of nitro groups is 1. The van der Waals surface area contributed by atoms with Crippen molar-refractivity contribution in [2.24, 2.45) is 0 Å². The highest BCUT2D eigenvalue weighted by Crippen LogP contribution is 2.32. The van der Waals surface area contributed by atoms with Crippen LogP contribution in [0.5, 0.6) is 0 Å². The zero-order valence-corrected chi connectivity index (χ0v) is 17.8. The zero-order chi connectivity index (χ0) is 22.6. The molecule has 0 N–H and O–H groups in total. The van der Waals surface area contributed by atoms with Crippen molar-refractivity contribution in [3.8, 4) is 0 Å². The summed E-state index contributed by atoms with van der Waals surface area (Å²) in [6.07, 6.45) is 0.100. The summed E-state index contributed by atoms with van der Waals surface area (Å²) in [7, 11) is 0.427. The largest absolute Gasteiger partial charge is 0.465 e. The number of nitro benzene ring substituents is 1. The number of sulfonamides is 1. The molecule has 0 saturated carbocycles. The van der Waals surface area contributed by atoms with Gasteiger partial charge in [0.2, 0.25) is 10.0 Å². The van der Waals surface area contributed by atoms with Gasteiger partial charge in [0.15, 0.2) is 0 Å². The number of methoxy groups -OCH3 is 1. The van der Waals surface area contributed by atoms with Gasteiger partial charge < -0.3 is 4.74 Å². The number of carbonyl (C=O) groups is 2. The standard InChI is InChI=1S/C20H22N2O7S/c1-13(23)17(11-14-5-8-16(9-6-14)30(27,28)21(2)3)18-12-15(20(24)29-4)7-10-19(18)22(25)26/h5-10,12,17H,11H2,1-4H3. The molecule has 2 rings (SSSR count). The fourth-order valence-corrected chi connectivity index (χ4v) is 3.86. The van der Waals surface area contributed by atoms with Crippen LogP contribution in [-0.4, -0.2) is 50.6 Å². The number of esters is 1. The minimum absolute atomic E-state index is 0.0919. The van der Waals surface area contributed by atoms with Gasteiger partial charge in [0.1, 0.15) is 5.78 Å². The van der Waals surface area contributed by atoms with Crippen LogP contribution in [0.15, 0.2) is 47.4 Å². The van der Waals surface area contributed by atoms with Gasteiger partial charge in [0.25, 0.3) is 5.69 Å². The highest BCUT2D eigenvalue weighted by molar-refractivity contribution is 7.89. The van der Waals surface area contributed by atoms with E-state index in [1.807, 2.05) is 0 Å². The first-order valence-electron chi connectivity index (χ1n) is 8.87. The Balaban J connectivity index is 2.47. The summed E-state index contributed by atoms with van der Waals surface area (Å²) in [5.74, 6) is -1.90. The molecule has 0 amide bonds. The van der Waals surface area contributed by atoms with E-state index in [1.165, 1.54) is 58.5 Å². The van der Waals surface area contributed by atoms with Crippen LogP contribution in [0.2, 0.25) is 0 Å². The molecule has 0 spiro atoms. The van der Waals surface area contributed by atoms with Crippen molar-refractivity contribution in [1.29, 1.82) is 0 Å². The average molecular weight is 434 g/mol. The number of ketones is 1. The van der Waals surface area contributed by atoms with Crippen molar-refractivity contribution in [1.82, 2.24) is 4.31 Å². The molecule has 0 fully saturated rings. The van der Waals surface area contributed by atoms with Crippen molar-refractivity contribution in [3.05, 3.63) is 69.3 Å². The maximum absolute atomic E-state index is 12.3. The summed E-state index contributed by atoms with van der Waals surface area (Å²) in [6, 6.07) is 9.68. The number of nitrogens with zero attached hydrogens (tertiary/aromatic N) is 2. The number of carbonyl (C=O) groups excluding carboxylic acids is 2. The van der Waals surface area contributed by atoms with Crippen LogP contribution in [-0.2, 0) is 26.0 Å². The first kappa shape index (κ1) is 23.2. The molecule has 1 atom stereocenters. The van der Waals surface area contributed by atoms with E-state index >= 15 is 0 Å². The highest BCUT2D eigenvalue weighted by atomic mass is 32.2. The topological polar surface area (TPSA) is 124 Å². The van der Waals surface area contributed by atoms with Crippen LogP contribution in [0.25, 0.3) is 0 Å². The molecule has 9 nitrogen and oxygen atoms in total. The van der Waals surface area contributed by atoms with Crippen LogP contribution in [0.3, 0.4) is 0 Å². The number of hydrogen-bond acceptors (Lipinski definition) is 7. The molecule has 0 aromatic heterocycles. The first-order valence-corrected chi connectivity index (χ1v) is 10.3. The lowest BCUT2D eigenvalue weighted by Gasteiger charge is -2.16. The minimum atomic E-state index is -3.60. The molecule has 0 bridgehead atoms. The second kappa shape index (κ2) is 9.14. The quantitative estimate of drug-likeness (QED) is 0.355. The number of hydrogen-bond donors (Lipinski definition) is 0. The molecule has 160 valence electrons. The van der Waals surface area contributed by atoms with Crippen molar-refractivity contribution in [3.63, 3.8) is 0 Å². The number of Topliss-reactive ketones (excluding diaryl/α,β-unsaturated/α-hetero) is 1. The molecule has 0 radical (unpaired) electrons. The van der Waals surface area contributed by atoms with Gasteiger partial charge >= 0.3 is 5.97 Å². The van der Waals surface area contributed by atoms with E-state index in [2.05, 4.69) is 4.74 Å². The summed E-state index contributed by atoms with van der Waals surface area (Å²) >= 11 is 0. The molecule has 0 saturated heterocycles. The molecule has 10 heteroatoms. The van der Waals surface area contributed by atoms with Crippen LogP contribution in [0.4, 0.5) is 5.69 Å². The van der Waals surface area contributed by atoms with E-state index in [0.717, 1.165) is 4.31 Å². The summed E-state index contributed by atoms with van der Waals surface area (Å²) in [5.41, 5.74) is 0.525. The van der Waals surface area contributed by atoms with Crippen molar-refractivity contribution < 1.29 is 27.7 Å². The van der Waals surface area contributed by atoms with Crippen molar-refractivity contribution >= 4 is 27.5 Å². The summed E-state index contributed by atoms with van der Waals surface area (Å²) in [6.45, 7) is 1.31. The summed E-state index contributed by atoms with van der Waals surface area (Å²) in [4.78, 5) is 35.2. The Kier molecular flexibility index (Phi) is 7.06. The predicted molar refractivity (Wildman–Crippen MR) is 109 cm³/mol. The summed E-state index contributed by atoms with van der Waals surface area (Å²) < 4.78 is 30.1.